The van der Waals surface area contributed by atoms with Crippen molar-refractivity contribution >= 4 is 28.3 Å². The van der Waals surface area contributed by atoms with E-state index in [1.54, 1.807) is 21.0 Å². The van der Waals surface area contributed by atoms with E-state index in [2.05, 4.69) is 5.32 Å². The van der Waals surface area contributed by atoms with Crippen LogP contribution in [0.5, 0.6) is 0 Å². The summed E-state index contributed by atoms with van der Waals surface area (Å²) in [5.41, 5.74) is 2.97. The fourth-order valence-electron chi connectivity index (χ4n) is 1.95. The van der Waals surface area contributed by atoms with Gasteiger partial charge in [0.25, 0.3) is 0 Å². The van der Waals surface area contributed by atoms with Crippen molar-refractivity contribution < 1.29 is 13.8 Å². The minimum absolute atomic E-state index is 0.00855. The number of hydrogen-bond donors (Lipinski definition) is 1. The molecule has 23 heavy (non-hydrogen) atoms. The first-order valence-electron chi connectivity index (χ1n) is 7.67. The highest BCUT2D eigenvalue weighted by Gasteiger charge is 2.20. The van der Waals surface area contributed by atoms with Crippen molar-refractivity contribution in [2.45, 2.75) is 38.9 Å². The van der Waals surface area contributed by atoms with Crippen molar-refractivity contribution in [1.29, 1.82) is 0 Å². The van der Waals surface area contributed by atoms with Gasteiger partial charge in [-0.15, -0.1) is 0 Å². The maximum absolute atomic E-state index is 12.2. The largest absolute Gasteiger partial charge is 0.349 e. The molecule has 0 radical (unpaired) electrons. The van der Waals surface area contributed by atoms with Crippen molar-refractivity contribution in [3.8, 4) is 0 Å². The van der Waals surface area contributed by atoms with E-state index in [0.717, 1.165) is 11.1 Å². The number of aryl methyl sites for hydroxylation is 2. The second kappa shape index (κ2) is 8.82. The molecule has 0 bridgehead atoms. The van der Waals surface area contributed by atoms with Gasteiger partial charge in [0.05, 0.1) is 0 Å². The number of nitrogens with zero attached hydrogens (tertiary/aromatic N) is 1. The highest BCUT2D eigenvalue weighted by Crippen LogP contribution is 2.15. The maximum Gasteiger partial charge on any atom is 0.239 e. The number of amides is 2. The predicted molar refractivity (Wildman–Crippen MR) is 94.9 cm³/mol. The van der Waals surface area contributed by atoms with Crippen LogP contribution in [0.2, 0.25) is 0 Å². The van der Waals surface area contributed by atoms with Gasteiger partial charge in [-0.3, -0.25) is 13.8 Å². The molecular formula is C17H26N2O3S. The van der Waals surface area contributed by atoms with Crippen LogP contribution in [0, 0.1) is 13.8 Å². The minimum atomic E-state index is -1.29. The van der Waals surface area contributed by atoms with E-state index < -0.39 is 16.0 Å². The van der Waals surface area contributed by atoms with Gasteiger partial charge in [-0.05, 0) is 50.5 Å². The number of anilines is 1. The molecule has 6 heteroatoms. The Kier molecular flexibility index (Phi) is 7.42. The Labute approximate surface area is 140 Å². The quantitative estimate of drug-likeness (QED) is 0.829. The normalized spacial score (nSPS) is 13.3. The molecule has 0 heterocycles. The van der Waals surface area contributed by atoms with E-state index >= 15 is 0 Å². The lowest BCUT2D eigenvalue weighted by Gasteiger charge is -2.14. The Morgan fingerprint density at radius 1 is 1.22 bits per heavy atom. The van der Waals surface area contributed by atoms with E-state index in [-0.39, 0.29) is 11.8 Å². The molecule has 0 aliphatic heterocycles. The van der Waals surface area contributed by atoms with E-state index in [9.17, 15) is 13.8 Å². The molecule has 128 valence electrons. The highest BCUT2D eigenvalue weighted by atomic mass is 32.2. The van der Waals surface area contributed by atoms with E-state index in [1.165, 1.54) is 4.90 Å². The van der Waals surface area contributed by atoms with Crippen LogP contribution in [-0.4, -0.2) is 46.0 Å². The van der Waals surface area contributed by atoms with Crippen LogP contribution in [-0.2, 0) is 20.4 Å². The molecule has 0 unspecified atom stereocenters. The van der Waals surface area contributed by atoms with Crippen LogP contribution >= 0.6 is 0 Å². The number of benzene rings is 1. The summed E-state index contributed by atoms with van der Waals surface area (Å²) >= 11 is 0. The summed E-state index contributed by atoms with van der Waals surface area (Å²) in [7, 11) is 2.10. The smallest absolute Gasteiger partial charge is 0.239 e. The van der Waals surface area contributed by atoms with Crippen LogP contribution in [0.25, 0.3) is 0 Å². The molecule has 0 fully saturated rings. The lowest BCUT2D eigenvalue weighted by Crippen LogP contribution is -2.30. The van der Waals surface area contributed by atoms with Gasteiger partial charge in [0, 0.05) is 42.8 Å². The van der Waals surface area contributed by atoms with Crippen LogP contribution in [0.15, 0.2) is 18.2 Å². The number of rotatable bonds is 7. The fraction of sp³-hybridized carbons (Fsp3) is 0.529. The second-order valence-corrected chi connectivity index (χ2v) is 7.78. The van der Waals surface area contributed by atoms with E-state index in [0.29, 0.717) is 24.3 Å². The van der Waals surface area contributed by atoms with Crippen LogP contribution in [0.3, 0.4) is 0 Å². The zero-order valence-corrected chi connectivity index (χ0v) is 15.3. The summed E-state index contributed by atoms with van der Waals surface area (Å²) in [6.45, 7) is 5.64. The van der Waals surface area contributed by atoms with Crippen molar-refractivity contribution in [2.75, 3.05) is 25.2 Å². The molecule has 0 spiro atoms. The van der Waals surface area contributed by atoms with Gasteiger partial charge in [-0.25, -0.2) is 0 Å². The van der Waals surface area contributed by atoms with Crippen LogP contribution < -0.4 is 5.32 Å². The topological polar surface area (TPSA) is 66.5 Å². The third-order valence-corrected chi connectivity index (χ3v) is 5.47. The predicted octanol–water partition coefficient (Wildman–Crippen LogP) is 2.25. The molecule has 2 amide bonds. The van der Waals surface area contributed by atoms with Crippen molar-refractivity contribution in [3.63, 3.8) is 0 Å². The molecule has 1 rings (SSSR count). The lowest BCUT2D eigenvalue weighted by atomic mass is 10.1. The molecule has 2 atom stereocenters. The second-order valence-electron chi connectivity index (χ2n) is 5.91. The van der Waals surface area contributed by atoms with Gasteiger partial charge in [-0.1, -0.05) is 6.07 Å². The third-order valence-electron chi connectivity index (χ3n) is 3.77. The van der Waals surface area contributed by atoms with E-state index in [4.69, 9.17) is 0 Å². The number of carbonyl (C=O) groups is 2. The van der Waals surface area contributed by atoms with E-state index in [1.807, 2.05) is 32.0 Å². The first-order valence-corrected chi connectivity index (χ1v) is 9.06. The minimum Gasteiger partial charge on any atom is -0.349 e. The summed E-state index contributed by atoms with van der Waals surface area (Å²) in [5, 5.41) is 2.20. The van der Waals surface area contributed by atoms with Gasteiger partial charge >= 0.3 is 0 Å². The average molecular weight is 338 g/mol. The summed E-state index contributed by atoms with van der Waals surface area (Å²) < 4.78 is 12.2. The first-order chi connectivity index (χ1) is 10.7. The monoisotopic (exact) mass is 338 g/mol. The lowest BCUT2D eigenvalue weighted by molar-refractivity contribution is -0.128. The van der Waals surface area contributed by atoms with Gasteiger partial charge in [-0.2, -0.15) is 0 Å². The number of carbonyl (C=O) groups excluding carboxylic acids is 2. The average Bonchev–Trinajstić information content (AvgIpc) is 2.49. The Hall–Kier alpha value is -1.69. The van der Waals surface area contributed by atoms with Gasteiger partial charge in [0.1, 0.15) is 5.25 Å². The molecule has 5 nitrogen and oxygen atoms in total. The molecule has 1 aromatic carbocycles. The Bertz CT molecular complexity index is 600. The van der Waals surface area contributed by atoms with Crippen molar-refractivity contribution in [1.82, 2.24) is 4.90 Å². The highest BCUT2D eigenvalue weighted by molar-refractivity contribution is 7.86. The molecular weight excluding hydrogens is 312 g/mol. The molecule has 0 saturated heterocycles. The summed E-state index contributed by atoms with van der Waals surface area (Å²) in [6, 6.07) is 5.68. The number of nitrogens with one attached hydrogen (secondary N) is 1. The first kappa shape index (κ1) is 19.4. The molecule has 0 aliphatic carbocycles. The van der Waals surface area contributed by atoms with Crippen molar-refractivity contribution in [2.24, 2.45) is 0 Å². The molecule has 0 saturated carbocycles. The Balaban J connectivity index is 2.50. The van der Waals surface area contributed by atoms with Gasteiger partial charge < -0.3 is 10.2 Å². The van der Waals surface area contributed by atoms with Crippen LogP contribution in [0.1, 0.15) is 30.9 Å². The van der Waals surface area contributed by atoms with Gasteiger partial charge in [0.2, 0.25) is 11.8 Å². The summed E-state index contributed by atoms with van der Waals surface area (Å²) in [4.78, 5) is 25.2. The zero-order chi connectivity index (χ0) is 17.6. The van der Waals surface area contributed by atoms with Crippen molar-refractivity contribution in [3.05, 3.63) is 29.3 Å². The maximum atomic E-state index is 12.2. The molecule has 0 aliphatic rings. The van der Waals surface area contributed by atoms with Gasteiger partial charge in [0.15, 0.2) is 0 Å². The molecule has 1 N–H and O–H groups in total. The van der Waals surface area contributed by atoms with Crippen LogP contribution in [0.4, 0.5) is 5.69 Å². The fourth-order valence-corrected chi connectivity index (χ4v) is 3.03. The molecule has 1 aromatic rings. The molecule has 0 aromatic heterocycles. The standard InChI is InChI=1S/C17H26N2O3S/c1-12-8-9-15(11-13(12)2)18-17(21)14(3)23(22)10-6-7-16(20)19(4)5/h8-9,11,14H,6-7,10H2,1-5H3,(H,18,21)/t14-,23-/m1/s1. The Morgan fingerprint density at radius 2 is 1.87 bits per heavy atom. The third kappa shape index (κ3) is 6.14. The number of hydrogen-bond acceptors (Lipinski definition) is 3. The SMILES string of the molecule is Cc1ccc(NC(=O)[C@@H](C)[S@](=O)CCCC(=O)N(C)C)cc1C. The Morgan fingerprint density at radius 3 is 2.43 bits per heavy atom. The summed E-state index contributed by atoms with van der Waals surface area (Å²) in [5.74, 6) is 0.0981. The summed E-state index contributed by atoms with van der Waals surface area (Å²) in [6.07, 6.45) is 0.870. The zero-order valence-electron chi connectivity index (χ0n) is 14.5.